The molecule has 0 bridgehead atoms. The molecule has 1 atom stereocenters. The van der Waals surface area contributed by atoms with Crippen LogP contribution in [0.3, 0.4) is 0 Å². The van der Waals surface area contributed by atoms with Gasteiger partial charge in [0.2, 0.25) is 5.91 Å². The van der Waals surface area contributed by atoms with E-state index in [1.54, 1.807) is 0 Å². The van der Waals surface area contributed by atoms with Gasteiger partial charge in [-0.3, -0.25) is 4.79 Å². The zero-order chi connectivity index (χ0) is 15.2. The smallest absolute Gasteiger partial charge is 0.224 e. The molecule has 4 heteroatoms. The van der Waals surface area contributed by atoms with Crippen molar-refractivity contribution in [3.63, 3.8) is 0 Å². The van der Waals surface area contributed by atoms with E-state index in [1.165, 1.54) is 0 Å². The van der Waals surface area contributed by atoms with Crippen LogP contribution in [0, 0.1) is 12.8 Å². The number of amides is 1. The summed E-state index contributed by atoms with van der Waals surface area (Å²) in [6.45, 7) is 8.03. The summed E-state index contributed by atoms with van der Waals surface area (Å²) in [5, 5.41) is 6.36. The van der Waals surface area contributed by atoms with Gasteiger partial charge >= 0.3 is 0 Å². The van der Waals surface area contributed by atoms with Crippen molar-refractivity contribution in [1.82, 2.24) is 5.32 Å². The van der Waals surface area contributed by atoms with Crippen LogP contribution in [0.15, 0.2) is 18.2 Å². The van der Waals surface area contributed by atoms with Crippen LogP contribution in [0.5, 0.6) is 5.75 Å². The van der Waals surface area contributed by atoms with E-state index < -0.39 is 0 Å². The van der Waals surface area contributed by atoms with E-state index in [9.17, 15) is 4.79 Å². The highest BCUT2D eigenvalue weighted by Crippen LogP contribution is 2.23. The van der Waals surface area contributed by atoms with Crippen LogP contribution < -0.4 is 15.4 Å². The molecule has 0 saturated carbocycles. The third-order valence-corrected chi connectivity index (χ3v) is 3.72. The van der Waals surface area contributed by atoms with Gasteiger partial charge < -0.3 is 15.4 Å². The predicted octanol–water partition coefficient (Wildman–Crippen LogP) is 3.11. The summed E-state index contributed by atoms with van der Waals surface area (Å²) < 4.78 is 5.66. The number of ether oxygens (including phenoxy) is 1. The van der Waals surface area contributed by atoms with Gasteiger partial charge in [-0.05, 0) is 76.4 Å². The Bertz CT molecular complexity index is 480. The quantitative estimate of drug-likeness (QED) is 0.876. The molecule has 1 saturated heterocycles. The van der Waals surface area contributed by atoms with Crippen LogP contribution >= 0.6 is 0 Å². The van der Waals surface area contributed by atoms with Crippen LogP contribution in [-0.4, -0.2) is 25.1 Å². The topological polar surface area (TPSA) is 50.4 Å². The molecule has 0 spiro atoms. The fourth-order valence-corrected chi connectivity index (χ4v) is 2.68. The molecular weight excluding hydrogens is 264 g/mol. The Labute approximate surface area is 127 Å². The Morgan fingerprint density at radius 1 is 1.48 bits per heavy atom. The fourth-order valence-electron chi connectivity index (χ4n) is 2.68. The van der Waals surface area contributed by atoms with Crippen molar-refractivity contribution in [2.45, 2.75) is 46.1 Å². The van der Waals surface area contributed by atoms with Crippen LogP contribution in [0.25, 0.3) is 0 Å². The minimum absolute atomic E-state index is 0.101. The summed E-state index contributed by atoms with van der Waals surface area (Å²) >= 11 is 0. The van der Waals surface area contributed by atoms with Gasteiger partial charge in [0, 0.05) is 12.1 Å². The third kappa shape index (κ3) is 5.05. The zero-order valence-electron chi connectivity index (χ0n) is 13.2. The largest absolute Gasteiger partial charge is 0.491 e. The first-order valence-electron chi connectivity index (χ1n) is 7.82. The van der Waals surface area contributed by atoms with Gasteiger partial charge in [0.25, 0.3) is 0 Å². The molecule has 1 amide bonds. The van der Waals surface area contributed by atoms with Gasteiger partial charge in [-0.2, -0.15) is 0 Å². The molecule has 4 nitrogen and oxygen atoms in total. The van der Waals surface area contributed by atoms with Crippen molar-refractivity contribution in [2.75, 3.05) is 18.4 Å². The number of piperidine rings is 1. The normalized spacial score (nSPS) is 18.6. The second-order valence-electron chi connectivity index (χ2n) is 6.11. The Morgan fingerprint density at radius 3 is 2.90 bits per heavy atom. The van der Waals surface area contributed by atoms with Crippen molar-refractivity contribution >= 4 is 11.6 Å². The summed E-state index contributed by atoms with van der Waals surface area (Å²) in [4.78, 5) is 12.1. The highest BCUT2D eigenvalue weighted by atomic mass is 16.5. The molecule has 1 aromatic carbocycles. The Hall–Kier alpha value is -1.55. The Balaban J connectivity index is 1.90. The van der Waals surface area contributed by atoms with E-state index in [-0.39, 0.29) is 12.0 Å². The second-order valence-corrected chi connectivity index (χ2v) is 6.11. The maximum atomic E-state index is 12.1. The molecule has 1 aromatic rings. The number of anilines is 1. The van der Waals surface area contributed by atoms with E-state index in [4.69, 9.17) is 4.74 Å². The highest BCUT2D eigenvalue weighted by Gasteiger charge is 2.17. The summed E-state index contributed by atoms with van der Waals surface area (Å²) in [7, 11) is 0. The molecule has 1 fully saturated rings. The van der Waals surface area contributed by atoms with E-state index in [0.29, 0.717) is 12.3 Å². The lowest BCUT2D eigenvalue weighted by Crippen LogP contribution is -2.32. The number of rotatable bonds is 5. The number of carbonyl (C=O) groups excluding carboxylic acids is 1. The molecule has 2 N–H and O–H groups in total. The van der Waals surface area contributed by atoms with E-state index in [1.807, 2.05) is 39.0 Å². The van der Waals surface area contributed by atoms with Crippen molar-refractivity contribution < 1.29 is 9.53 Å². The summed E-state index contributed by atoms with van der Waals surface area (Å²) in [5.41, 5.74) is 1.91. The third-order valence-electron chi connectivity index (χ3n) is 3.72. The minimum Gasteiger partial charge on any atom is -0.491 e. The molecule has 1 aliphatic rings. The predicted molar refractivity (Wildman–Crippen MR) is 85.8 cm³/mol. The first-order valence-corrected chi connectivity index (χ1v) is 7.82. The zero-order valence-corrected chi connectivity index (χ0v) is 13.2. The maximum Gasteiger partial charge on any atom is 0.224 e. The van der Waals surface area contributed by atoms with E-state index in [2.05, 4.69) is 10.6 Å². The monoisotopic (exact) mass is 290 g/mol. The molecule has 0 radical (unpaired) electrons. The Morgan fingerprint density at radius 2 is 2.29 bits per heavy atom. The first-order chi connectivity index (χ1) is 10.0. The standard InChI is InChI=1S/C17H26N2O2/c1-12(2)21-15-6-7-16(13(3)9-15)19-17(20)10-14-5-4-8-18-11-14/h6-7,9,12,14,18H,4-5,8,10-11H2,1-3H3,(H,19,20). The molecule has 1 aliphatic heterocycles. The maximum absolute atomic E-state index is 12.1. The molecule has 116 valence electrons. The van der Waals surface area contributed by atoms with Gasteiger partial charge in [-0.15, -0.1) is 0 Å². The molecule has 0 aromatic heterocycles. The average Bonchev–Trinajstić information content (AvgIpc) is 2.42. The number of hydrogen-bond donors (Lipinski definition) is 2. The van der Waals surface area contributed by atoms with Crippen LogP contribution in [0.1, 0.15) is 38.7 Å². The molecule has 1 heterocycles. The lowest BCUT2D eigenvalue weighted by Gasteiger charge is -2.22. The van der Waals surface area contributed by atoms with Gasteiger partial charge in [0.1, 0.15) is 5.75 Å². The number of benzene rings is 1. The lowest BCUT2D eigenvalue weighted by atomic mass is 9.96. The molecule has 21 heavy (non-hydrogen) atoms. The molecular formula is C17H26N2O2. The van der Waals surface area contributed by atoms with Crippen molar-refractivity contribution in [1.29, 1.82) is 0 Å². The number of carbonyl (C=O) groups is 1. The second kappa shape index (κ2) is 7.46. The van der Waals surface area contributed by atoms with E-state index in [0.717, 1.165) is 42.9 Å². The number of nitrogens with one attached hydrogen (secondary N) is 2. The van der Waals surface area contributed by atoms with Gasteiger partial charge in [-0.1, -0.05) is 0 Å². The van der Waals surface area contributed by atoms with Crippen molar-refractivity contribution in [2.24, 2.45) is 5.92 Å². The van der Waals surface area contributed by atoms with Gasteiger partial charge in [0.05, 0.1) is 6.10 Å². The summed E-state index contributed by atoms with van der Waals surface area (Å²) in [6.07, 6.45) is 3.05. The highest BCUT2D eigenvalue weighted by molar-refractivity contribution is 5.91. The van der Waals surface area contributed by atoms with Crippen LogP contribution in [-0.2, 0) is 4.79 Å². The molecule has 0 aliphatic carbocycles. The Kier molecular flexibility index (Phi) is 5.62. The molecule has 1 unspecified atom stereocenters. The van der Waals surface area contributed by atoms with Crippen molar-refractivity contribution in [3.05, 3.63) is 23.8 Å². The summed E-state index contributed by atoms with van der Waals surface area (Å²) in [6, 6.07) is 5.80. The van der Waals surface area contributed by atoms with Crippen LogP contribution in [0.4, 0.5) is 5.69 Å². The molecule has 2 rings (SSSR count). The van der Waals surface area contributed by atoms with Crippen molar-refractivity contribution in [3.8, 4) is 5.75 Å². The minimum atomic E-state index is 0.101. The SMILES string of the molecule is Cc1cc(OC(C)C)ccc1NC(=O)CC1CCCNC1. The van der Waals surface area contributed by atoms with Gasteiger partial charge in [0.15, 0.2) is 0 Å². The number of hydrogen-bond acceptors (Lipinski definition) is 3. The van der Waals surface area contributed by atoms with Gasteiger partial charge in [-0.25, -0.2) is 0 Å². The fraction of sp³-hybridized carbons (Fsp3) is 0.588. The van der Waals surface area contributed by atoms with E-state index >= 15 is 0 Å². The lowest BCUT2D eigenvalue weighted by molar-refractivity contribution is -0.117. The summed E-state index contributed by atoms with van der Waals surface area (Å²) in [5.74, 6) is 1.41. The van der Waals surface area contributed by atoms with Crippen LogP contribution in [0.2, 0.25) is 0 Å². The first kappa shape index (κ1) is 15.8. The number of aryl methyl sites for hydroxylation is 1. The average molecular weight is 290 g/mol.